The molecule has 2 aromatic heterocycles. The van der Waals surface area contributed by atoms with Crippen molar-refractivity contribution >= 4 is 11.8 Å². The quantitative estimate of drug-likeness (QED) is 0.576. The highest BCUT2D eigenvalue weighted by Gasteiger charge is 2.34. The molecule has 1 saturated heterocycles. The number of nitrogens with zero attached hydrogens (tertiary/aromatic N) is 3. The molecule has 0 radical (unpaired) electrons. The molecule has 3 aromatic rings. The van der Waals surface area contributed by atoms with E-state index in [4.69, 9.17) is 4.74 Å². The fourth-order valence-corrected chi connectivity index (χ4v) is 4.28. The van der Waals surface area contributed by atoms with Crippen molar-refractivity contribution in [1.29, 1.82) is 0 Å². The van der Waals surface area contributed by atoms with Crippen LogP contribution in [0.25, 0.3) is 22.3 Å². The maximum Gasteiger partial charge on any atom is 0.416 e. The summed E-state index contributed by atoms with van der Waals surface area (Å²) in [7, 11) is 1.76. The minimum absolute atomic E-state index is 0.152. The van der Waals surface area contributed by atoms with Gasteiger partial charge >= 0.3 is 12.1 Å². The van der Waals surface area contributed by atoms with Crippen molar-refractivity contribution in [1.82, 2.24) is 14.9 Å². The molecule has 3 heterocycles. The highest BCUT2D eigenvalue weighted by Crippen LogP contribution is 2.45. The first kappa shape index (κ1) is 22.8. The average Bonchev–Trinajstić information content (AvgIpc) is 3.13. The number of piperazine rings is 1. The standard InChI is InChI=1S/C24H25F3N4O2/c1-3-33-23(32)21-19(17-5-4-6-18(15-17)24(25,26)27)20(16-7-9-28-10-8-16)22(30(21)2)31-13-11-29-12-14-31/h4-10,15,29H,3,11-14H2,1-2H3. The summed E-state index contributed by atoms with van der Waals surface area (Å²) in [4.78, 5) is 19.3. The number of carbonyl (C=O) groups excluding carboxylic acids is 1. The molecular formula is C24H25F3N4O2. The Kier molecular flexibility index (Phi) is 6.42. The second kappa shape index (κ2) is 9.27. The van der Waals surface area contributed by atoms with Crippen LogP contribution in [0.1, 0.15) is 23.0 Å². The third kappa shape index (κ3) is 4.45. The number of hydrogen-bond donors (Lipinski definition) is 1. The Balaban J connectivity index is 2.06. The van der Waals surface area contributed by atoms with Crippen molar-refractivity contribution in [2.75, 3.05) is 37.7 Å². The summed E-state index contributed by atoms with van der Waals surface area (Å²) in [5, 5.41) is 3.31. The highest BCUT2D eigenvalue weighted by atomic mass is 19.4. The molecule has 1 aliphatic rings. The van der Waals surface area contributed by atoms with Gasteiger partial charge in [-0.25, -0.2) is 4.79 Å². The van der Waals surface area contributed by atoms with E-state index in [1.165, 1.54) is 6.07 Å². The number of benzene rings is 1. The van der Waals surface area contributed by atoms with Crippen LogP contribution in [0.15, 0.2) is 48.8 Å². The minimum Gasteiger partial charge on any atom is -0.461 e. The van der Waals surface area contributed by atoms with E-state index >= 15 is 0 Å². The molecule has 0 aliphatic carbocycles. The van der Waals surface area contributed by atoms with Crippen molar-refractivity contribution in [3.8, 4) is 22.3 Å². The number of halogens is 3. The number of anilines is 1. The molecule has 0 bridgehead atoms. The van der Waals surface area contributed by atoms with Gasteiger partial charge in [0, 0.05) is 56.7 Å². The van der Waals surface area contributed by atoms with Crippen molar-refractivity contribution in [3.63, 3.8) is 0 Å². The highest BCUT2D eigenvalue weighted by molar-refractivity contribution is 6.05. The Bertz CT molecular complexity index is 1140. The SMILES string of the molecule is CCOC(=O)c1c(-c2cccc(C(F)(F)F)c2)c(-c2ccncc2)c(N2CCNCC2)n1C. The zero-order valence-corrected chi connectivity index (χ0v) is 18.4. The zero-order chi connectivity index (χ0) is 23.6. The van der Waals surface area contributed by atoms with Crippen LogP contribution in [0, 0.1) is 0 Å². The van der Waals surface area contributed by atoms with E-state index < -0.39 is 17.7 Å². The lowest BCUT2D eigenvalue weighted by Gasteiger charge is -2.31. The number of pyridine rings is 1. The molecule has 6 nitrogen and oxygen atoms in total. The summed E-state index contributed by atoms with van der Waals surface area (Å²) >= 11 is 0. The summed E-state index contributed by atoms with van der Waals surface area (Å²) in [5.41, 5.74) is 1.61. The molecule has 1 fully saturated rings. The molecule has 0 saturated carbocycles. The fourth-order valence-electron chi connectivity index (χ4n) is 4.28. The van der Waals surface area contributed by atoms with Crippen molar-refractivity contribution in [3.05, 3.63) is 60.0 Å². The summed E-state index contributed by atoms with van der Waals surface area (Å²) in [6.07, 6.45) is -1.25. The molecule has 0 spiro atoms. The minimum atomic E-state index is -4.51. The third-order valence-corrected chi connectivity index (χ3v) is 5.70. The fraction of sp³-hybridized carbons (Fsp3) is 0.333. The van der Waals surface area contributed by atoms with E-state index in [-0.39, 0.29) is 12.3 Å². The van der Waals surface area contributed by atoms with Gasteiger partial charge in [-0.2, -0.15) is 13.2 Å². The Morgan fingerprint density at radius 2 is 1.79 bits per heavy atom. The van der Waals surface area contributed by atoms with Gasteiger partial charge in [-0.3, -0.25) is 4.98 Å². The molecule has 0 amide bonds. The van der Waals surface area contributed by atoms with Gasteiger partial charge in [0.1, 0.15) is 11.5 Å². The van der Waals surface area contributed by atoms with Gasteiger partial charge in [-0.1, -0.05) is 12.1 Å². The normalized spacial score (nSPS) is 14.4. The van der Waals surface area contributed by atoms with Crippen LogP contribution < -0.4 is 10.2 Å². The van der Waals surface area contributed by atoms with E-state index in [2.05, 4.69) is 15.2 Å². The van der Waals surface area contributed by atoms with Gasteiger partial charge in [0.05, 0.1) is 12.2 Å². The smallest absolute Gasteiger partial charge is 0.416 e. The summed E-state index contributed by atoms with van der Waals surface area (Å²) in [6, 6.07) is 8.67. The number of rotatable bonds is 5. The van der Waals surface area contributed by atoms with E-state index in [9.17, 15) is 18.0 Å². The van der Waals surface area contributed by atoms with Crippen LogP contribution in [0.2, 0.25) is 0 Å². The van der Waals surface area contributed by atoms with Crippen LogP contribution >= 0.6 is 0 Å². The molecule has 174 valence electrons. The Morgan fingerprint density at radius 1 is 1.09 bits per heavy atom. The predicted octanol–water partition coefficient (Wildman–Crippen LogP) is 4.36. The van der Waals surface area contributed by atoms with Crippen molar-refractivity contribution in [2.24, 2.45) is 7.05 Å². The van der Waals surface area contributed by atoms with Crippen molar-refractivity contribution in [2.45, 2.75) is 13.1 Å². The first-order valence-corrected chi connectivity index (χ1v) is 10.8. The summed E-state index contributed by atoms with van der Waals surface area (Å²) < 4.78 is 47.7. The molecule has 9 heteroatoms. The van der Waals surface area contributed by atoms with Gasteiger partial charge in [0.2, 0.25) is 0 Å². The monoisotopic (exact) mass is 458 g/mol. The molecule has 1 aliphatic heterocycles. The van der Waals surface area contributed by atoms with Crippen LogP contribution in [-0.4, -0.2) is 48.3 Å². The second-order valence-electron chi connectivity index (χ2n) is 7.75. The van der Waals surface area contributed by atoms with Gasteiger partial charge in [0.15, 0.2) is 0 Å². The van der Waals surface area contributed by atoms with Crippen LogP contribution in [0.3, 0.4) is 0 Å². The zero-order valence-electron chi connectivity index (χ0n) is 18.4. The third-order valence-electron chi connectivity index (χ3n) is 5.70. The first-order chi connectivity index (χ1) is 15.8. The van der Waals surface area contributed by atoms with E-state index in [0.717, 1.165) is 36.6 Å². The Morgan fingerprint density at radius 3 is 2.42 bits per heavy atom. The van der Waals surface area contributed by atoms with Crippen molar-refractivity contribution < 1.29 is 22.7 Å². The first-order valence-electron chi connectivity index (χ1n) is 10.8. The van der Waals surface area contributed by atoms with E-state index in [0.29, 0.717) is 29.8 Å². The molecule has 1 N–H and O–H groups in total. The Hall–Kier alpha value is -3.33. The molecule has 0 atom stereocenters. The Labute approximate surface area is 190 Å². The van der Waals surface area contributed by atoms with E-state index in [1.807, 2.05) is 0 Å². The summed E-state index contributed by atoms with van der Waals surface area (Å²) in [5.74, 6) is 0.183. The lowest BCUT2D eigenvalue weighted by atomic mass is 9.95. The van der Waals surface area contributed by atoms with Crippen LogP contribution in [0.4, 0.5) is 19.0 Å². The van der Waals surface area contributed by atoms with Gasteiger partial charge < -0.3 is 19.5 Å². The lowest BCUT2D eigenvalue weighted by molar-refractivity contribution is -0.137. The molecule has 4 rings (SSSR count). The number of carbonyl (C=O) groups is 1. The number of esters is 1. The molecular weight excluding hydrogens is 433 g/mol. The van der Waals surface area contributed by atoms with Gasteiger partial charge in [0.25, 0.3) is 0 Å². The van der Waals surface area contributed by atoms with Crippen LogP contribution in [0.5, 0.6) is 0 Å². The summed E-state index contributed by atoms with van der Waals surface area (Å²) in [6.45, 7) is 4.76. The second-order valence-corrected chi connectivity index (χ2v) is 7.75. The number of nitrogens with one attached hydrogen (secondary N) is 1. The average molecular weight is 458 g/mol. The van der Waals surface area contributed by atoms with Crippen LogP contribution in [-0.2, 0) is 18.0 Å². The number of alkyl halides is 3. The maximum absolute atomic E-state index is 13.5. The number of hydrogen-bond acceptors (Lipinski definition) is 5. The van der Waals surface area contributed by atoms with Gasteiger partial charge in [-0.15, -0.1) is 0 Å². The largest absolute Gasteiger partial charge is 0.461 e. The number of ether oxygens (including phenoxy) is 1. The van der Waals surface area contributed by atoms with E-state index in [1.54, 1.807) is 49.1 Å². The maximum atomic E-state index is 13.5. The topological polar surface area (TPSA) is 59.4 Å². The number of aromatic nitrogens is 2. The predicted molar refractivity (Wildman–Crippen MR) is 120 cm³/mol. The molecule has 1 aromatic carbocycles. The molecule has 0 unspecified atom stereocenters. The molecule has 33 heavy (non-hydrogen) atoms. The van der Waals surface area contributed by atoms with Gasteiger partial charge in [-0.05, 0) is 42.3 Å². The lowest BCUT2D eigenvalue weighted by Crippen LogP contribution is -2.44.